The highest BCUT2D eigenvalue weighted by molar-refractivity contribution is 6.10. The van der Waals surface area contributed by atoms with Crippen LogP contribution in [0, 0.1) is 0 Å². The molecule has 140 valence electrons. The molecule has 0 aliphatic carbocycles. The van der Waals surface area contributed by atoms with Gasteiger partial charge in [0.05, 0.1) is 10.9 Å². The average molecular weight is 375 g/mol. The van der Waals surface area contributed by atoms with Crippen LogP contribution in [0.3, 0.4) is 0 Å². The number of carbonyl (C=O) groups excluding carboxylic acids is 2. The highest BCUT2D eigenvalue weighted by atomic mass is 16.5. The number of H-pyrrole nitrogens is 1. The van der Waals surface area contributed by atoms with Gasteiger partial charge in [-0.05, 0) is 25.1 Å². The summed E-state index contributed by atoms with van der Waals surface area (Å²) in [5.41, 5.74) is 1.88. The molecule has 4 rings (SSSR count). The molecule has 28 heavy (non-hydrogen) atoms. The number of aromatic amines is 1. The zero-order valence-corrected chi connectivity index (χ0v) is 15.1. The van der Waals surface area contributed by atoms with Gasteiger partial charge in [0.25, 0.3) is 11.5 Å². The topological polar surface area (TPSA) is 92.4 Å². The van der Waals surface area contributed by atoms with Gasteiger partial charge in [-0.3, -0.25) is 19.3 Å². The molecule has 0 saturated carbocycles. The zero-order valence-electron chi connectivity index (χ0n) is 15.1. The molecule has 0 fully saturated rings. The monoisotopic (exact) mass is 375 g/mol. The lowest BCUT2D eigenvalue weighted by Gasteiger charge is -2.18. The van der Waals surface area contributed by atoms with E-state index in [-0.39, 0.29) is 23.8 Å². The fourth-order valence-corrected chi connectivity index (χ4v) is 3.22. The molecule has 1 unspecified atom stereocenters. The third-order valence-corrected chi connectivity index (χ3v) is 4.65. The molecule has 0 spiro atoms. The molecule has 3 aromatic rings. The van der Waals surface area contributed by atoms with Gasteiger partial charge >= 0.3 is 5.97 Å². The Morgan fingerprint density at radius 3 is 2.57 bits per heavy atom. The van der Waals surface area contributed by atoms with Crippen LogP contribution >= 0.6 is 0 Å². The lowest BCUT2D eigenvalue weighted by molar-refractivity contribution is -0.149. The van der Waals surface area contributed by atoms with Crippen molar-refractivity contribution in [2.45, 2.75) is 13.0 Å². The number of nitrogens with one attached hydrogen (secondary N) is 1. The van der Waals surface area contributed by atoms with Crippen LogP contribution in [0.4, 0.5) is 0 Å². The highest BCUT2D eigenvalue weighted by Gasteiger charge is 2.32. The van der Waals surface area contributed by atoms with Crippen molar-refractivity contribution in [1.29, 1.82) is 0 Å². The quantitative estimate of drug-likeness (QED) is 0.708. The molecule has 1 aliphatic heterocycles. The number of aromatic nitrogens is 2. The number of nitrogens with zero attached hydrogens (tertiary/aromatic N) is 2. The van der Waals surface area contributed by atoms with Crippen LogP contribution in [0.2, 0.25) is 0 Å². The molecule has 1 N–H and O–H groups in total. The van der Waals surface area contributed by atoms with Gasteiger partial charge < -0.3 is 9.72 Å². The molecule has 0 saturated heterocycles. The predicted molar refractivity (Wildman–Crippen MR) is 103 cm³/mol. The van der Waals surface area contributed by atoms with E-state index in [1.54, 1.807) is 49.4 Å². The van der Waals surface area contributed by atoms with Crippen molar-refractivity contribution in [2.75, 3.05) is 6.54 Å². The summed E-state index contributed by atoms with van der Waals surface area (Å²) in [5.74, 6) is -0.667. The van der Waals surface area contributed by atoms with Crippen LogP contribution in [-0.2, 0) is 9.53 Å². The molecule has 2 heterocycles. The summed E-state index contributed by atoms with van der Waals surface area (Å²) < 4.78 is 5.39. The molecular formula is C21H17N3O4. The number of amides is 1. The molecule has 1 amide bonds. The summed E-state index contributed by atoms with van der Waals surface area (Å²) >= 11 is 0. The average Bonchev–Trinajstić information content (AvgIpc) is 2.93. The number of rotatable bonds is 4. The van der Waals surface area contributed by atoms with Crippen molar-refractivity contribution in [3.05, 3.63) is 82.4 Å². The summed E-state index contributed by atoms with van der Waals surface area (Å²) in [6, 6.07) is 14.0. The van der Waals surface area contributed by atoms with Crippen molar-refractivity contribution < 1.29 is 14.3 Å². The van der Waals surface area contributed by atoms with Crippen molar-refractivity contribution in [2.24, 2.45) is 0 Å². The van der Waals surface area contributed by atoms with Gasteiger partial charge in [-0.2, -0.15) is 0 Å². The van der Waals surface area contributed by atoms with E-state index in [9.17, 15) is 14.4 Å². The largest absolute Gasteiger partial charge is 0.453 e. The zero-order chi connectivity index (χ0) is 19.8. The van der Waals surface area contributed by atoms with Crippen LogP contribution < -0.4 is 5.56 Å². The van der Waals surface area contributed by atoms with Crippen LogP contribution in [0.1, 0.15) is 34.8 Å². The second-order valence-corrected chi connectivity index (χ2v) is 6.48. The van der Waals surface area contributed by atoms with Crippen molar-refractivity contribution in [1.82, 2.24) is 14.9 Å². The molecule has 7 heteroatoms. The van der Waals surface area contributed by atoms with Crippen LogP contribution in [-0.4, -0.2) is 33.3 Å². The molecule has 0 radical (unpaired) electrons. The molecule has 0 bridgehead atoms. The van der Waals surface area contributed by atoms with Gasteiger partial charge in [0.1, 0.15) is 6.54 Å². The second kappa shape index (κ2) is 6.77. The summed E-state index contributed by atoms with van der Waals surface area (Å²) in [7, 11) is 0. The lowest BCUT2D eigenvalue weighted by atomic mass is 10.1. The number of hydrogen-bond donors (Lipinski definition) is 1. The fraction of sp³-hybridized carbons (Fsp3) is 0.143. The molecule has 1 aromatic heterocycles. The Balaban J connectivity index is 1.50. The van der Waals surface area contributed by atoms with E-state index in [0.29, 0.717) is 27.7 Å². The smallest absolute Gasteiger partial charge is 0.326 e. The van der Waals surface area contributed by atoms with E-state index >= 15 is 0 Å². The SMILES string of the molecule is C=C1c2ccccc2C(=O)N1CC(=O)OC(C)c1nc2ccccc2c(=O)[nH]1. The van der Waals surface area contributed by atoms with Gasteiger partial charge in [0.2, 0.25) is 0 Å². The summed E-state index contributed by atoms with van der Waals surface area (Å²) in [4.78, 5) is 45.3. The van der Waals surface area contributed by atoms with E-state index in [4.69, 9.17) is 4.74 Å². The van der Waals surface area contributed by atoms with Crippen molar-refractivity contribution in [3.8, 4) is 0 Å². The molecule has 7 nitrogen and oxygen atoms in total. The number of esters is 1. The number of hydrogen-bond acceptors (Lipinski definition) is 5. The minimum atomic E-state index is -0.779. The summed E-state index contributed by atoms with van der Waals surface area (Å²) in [6.45, 7) is 5.24. The van der Waals surface area contributed by atoms with Crippen molar-refractivity contribution >= 4 is 28.5 Å². The summed E-state index contributed by atoms with van der Waals surface area (Å²) in [5, 5.41) is 0.460. The Hall–Kier alpha value is -3.74. The molecule has 2 aromatic carbocycles. The minimum absolute atomic E-state index is 0.243. The molecule has 1 aliphatic rings. The maximum atomic E-state index is 12.5. The van der Waals surface area contributed by atoms with Gasteiger partial charge in [0.15, 0.2) is 11.9 Å². The number of benzene rings is 2. The minimum Gasteiger partial charge on any atom is -0.453 e. The van der Waals surface area contributed by atoms with Crippen LogP contribution in [0.25, 0.3) is 16.6 Å². The Labute approximate surface area is 160 Å². The van der Waals surface area contributed by atoms with Crippen LogP contribution in [0.15, 0.2) is 59.9 Å². The fourth-order valence-electron chi connectivity index (χ4n) is 3.22. The first-order valence-electron chi connectivity index (χ1n) is 8.74. The number of ether oxygens (including phenoxy) is 1. The number of para-hydroxylation sites is 1. The third kappa shape index (κ3) is 2.96. The van der Waals surface area contributed by atoms with E-state index < -0.39 is 12.1 Å². The van der Waals surface area contributed by atoms with E-state index in [1.165, 1.54) is 4.90 Å². The molecular weight excluding hydrogens is 358 g/mol. The maximum absolute atomic E-state index is 12.5. The Morgan fingerprint density at radius 2 is 1.82 bits per heavy atom. The van der Waals surface area contributed by atoms with E-state index in [0.717, 1.165) is 0 Å². The first kappa shape index (κ1) is 17.7. The molecule has 1 atom stereocenters. The maximum Gasteiger partial charge on any atom is 0.326 e. The van der Waals surface area contributed by atoms with Crippen molar-refractivity contribution in [3.63, 3.8) is 0 Å². The number of fused-ring (bicyclic) bond motifs is 2. The third-order valence-electron chi connectivity index (χ3n) is 4.65. The van der Waals surface area contributed by atoms with Crippen LogP contribution in [0.5, 0.6) is 0 Å². The predicted octanol–water partition coefficient (Wildman–Crippen LogP) is 2.65. The normalized spacial score (nSPS) is 14.2. The highest BCUT2D eigenvalue weighted by Crippen LogP contribution is 2.31. The van der Waals surface area contributed by atoms with E-state index in [2.05, 4.69) is 16.5 Å². The first-order valence-corrected chi connectivity index (χ1v) is 8.74. The Bertz CT molecular complexity index is 1150. The first-order chi connectivity index (χ1) is 13.5. The van der Waals surface area contributed by atoms with Gasteiger partial charge in [-0.15, -0.1) is 0 Å². The second-order valence-electron chi connectivity index (χ2n) is 6.48. The Morgan fingerprint density at radius 1 is 1.14 bits per heavy atom. The van der Waals surface area contributed by atoms with E-state index in [1.807, 2.05) is 6.07 Å². The Kier molecular flexibility index (Phi) is 4.27. The van der Waals surface area contributed by atoms with Gasteiger partial charge in [-0.1, -0.05) is 36.9 Å². The van der Waals surface area contributed by atoms with Gasteiger partial charge in [-0.25, -0.2) is 4.98 Å². The standard InChI is InChI=1S/C21H17N3O4/c1-12-14-7-3-4-8-15(14)21(27)24(12)11-18(25)28-13(2)19-22-17-10-6-5-9-16(17)20(26)23-19/h3-10,13H,1,11H2,2H3,(H,22,23,26). The summed E-state index contributed by atoms with van der Waals surface area (Å²) in [6.07, 6.45) is -0.779. The number of carbonyl (C=O) groups is 2. The lowest BCUT2D eigenvalue weighted by Crippen LogP contribution is -2.31. The van der Waals surface area contributed by atoms with Gasteiger partial charge in [0, 0.05) is 16.8 Å².